The van der Waals surface area contributed by atoms with E-state index in [2.05, 4.69) is 86.4 Å². The summed E-state index contributed by atoms with van der Waals surface area (Å²) in [5.41, 5.74) is -1.08. The lowest BCUT2D eigenvalue weighted by atomic mass is 10.0. The molecule has 6 rings (SSSR count). The SMILES string of the molecule is CC(C)(C)[Si](OC[C@@H]1[C@@H](OC2CCCCO2)C[C@@]2(n3ccc(=O)[nH]c3=O)C[C@@H]12)(c1ccccc1)c1ccccc1. The summed E-state index contributed by atoms with van der Waals surface area (Å²) in [5.74, 6) is 0.328. The molecule has 0 radical (unpaired) electrons. The standard InChI is InChI=1S/C32H40N2O5Si/c1-31(2,3)40(23-12-6-4-7-13-23,24-14-8-5-9-15-24)38-22-25-26-20-32(26,34-18-17-28(35)33-30(34)36)21-27(25)39-29-16-10-11-19-37-29/h4-9,12-15,17-18,25-27,29H,10-11,16,19-22H2,1-3H3,(H,33,35,36)/t25-,26-,27-,29?,32-/m0/s1. The van der Waals surface area contributed by atoms with Crippen molar-refractivity contribution < 1.29 is 13.9 Å². The molecule has 1 aromatic heterocycles. The van der Waals surface area contributed by atoms with Crippen LogP contribution >= 0.6 is 0 Å². The van der Waals surface area contributed by atoms with Gasteiger partial charge in [0.25, 0.3) is 13.9 Å². The molecule has 0 bridgehead atoms. The van der Waals surface area contributed by atoms with E-state index in [0.717, 1.165) is 25.7 Å². The molecule has 2 aromatic carbocycles. The smallest absolute Gasteiger partial charge is 0.328 e. The summed E-state index contributed by atoms with van der Waals surface area (Å²) >= 11 is 0. The molecule has 2 saturated carbocycles. The van der Waals surface area contributed by atoms with Gasteiger partial charge in [-0.3, -0.25) is 14.3 Å². The van der Waals surface area contributed by atoms with Crippen LogP contribution in [0.5, 0.6) is 0 Å². The van der Waals surface area contributed by atoms with Crippen LogP contribution in [0.2, 0.25) is 5.04 Å². The number of aromatic amines is 1. The van der Waals surface area contributed by atoms with Gasteiger partial charge < -0.3 is 13.9 Å². The second-order valence-electron chi connectivity index (χ2n) is 12.7. The summed E-state index contributed by atoms with van der Waals surface area (Å²) < 4.78 is 21.8. The van der Waals surface area contributed by atoms with Gasteiger partial charge in [-0.05, 0) is 53.4 Å². The molecule has 3 fully saturated rings. The summed E-state index contributed by atoms with van der Waals surface area (Å²) in [6.45, 7) is 8.13. The van der Waals surface area contributed by atoms with Crippen LogP contribution in [0.15, 0.2) is 82.5 Å². The van der Waals surface area contributed by atoms with Gasteiger partial charge in [-0.1, -0.05) is 81.4 Å². The largest absolute Gasteiger partial charge is 0.407 e. The molecule has 1 N–H and O–H groups in total. The first kappa shape index (κ1) is 27.4. The summed E-state index contributed by atoms with van der Waals surface area (Å²) in [6, 6.07) is 22.8. The molecule has 2 heterocycles. The van der Waals surface area contributed by atoms with Gasteiger partial charge in [-0.15, -0.1) is 0 Å². The molecule has 8 heteroatoms. The highest BCUT2D eigenvalue weighted by molar-refractivity contribution is 6.99. The normalized spacial score (nSPS) is 28.3. The molecule has 2 aliphatic carbocycles. The maximum absolute atomic E-state index is 12.9. The molecule has 7 nitrogen and oxygen atoms in total. The Bertz CT molecular complexity index is 1390. The number of hydrogen-bond acceptors (Lipinski definition) is 5. The highest BCUT2D eigenvalue weighted by atomic mass is 28.4. The fourth-order valence-corrected chi connectivity index (χ4v) is 12.0. The van der Waals surface area contributed by atoms with Gasteiger partial charge in [0, 0.05) is 31.4 Å². The van der Waals surface area contributed by atoms with Crippen LogP contribution in [0.4, 0.5) is 0 Å². The molecule has 1 unspecified atom stereocenters. The van der Waals surface area contributed by atoms with E-state index in [0.29, 0.717) is 19.6 Å². The Morgan fingerprint density at radius 1 is 0.975 bits per heavy atom. The minimum absolute atomic E-state index is 0.0982. The molecule has 1 aliphatic heterocycles. The zero-order chi connectivity index (χ0) is 28.0. The van der Waals surface area contributed by atoms with E-state index in [1.165, 1.54) is 16.4 Å². The van der Waals surface area contributed by atoms with Gasteiger partial charge in [0.05, 0.1) is 11.6 Å². The number of benzene rings is 2. The highest BCUT2D eigenvalue weighted by Gasteiger charge is 2.68. The topological polar surface area (TPSA) is 82.6 Å². The van der Waals surface area contributed by atoms with E-state index in [1.54, 1.807) is 10.8 Å². The van der Waals surface area contributed by atoms with Crippen molar-refractivity contribution >= 4 is 18.7 Å². The molecule has 0 spiro atoms. The number of fused-ring (bicyclic) bond motifs is 1. The summed E-state index contributed by atoms with van der Waals surface area (Å²) in [7, 11) is -2.73. The molecule has 212 valence electrons. The zero-order valence-corrected chi connectivity index (χ0v) is 24.7. The first-order valence-electron chi connectivity index (χ1n) is 14.6. The fraction of sp³-hybridized carbons (Fsp3) is 0.500. The van der Waals surface area contributed by atoms with Crippen molar-refractivity contribution in [3.63, 3.8) is 0 Å². The fourth-order valence-electron chi connectivity index (χ4n) is 7.38. The Morgan fingerprint density at radius 3 is 2.23 bits per heavy atom. The van der Waals surface area contributed by atoms with Gasteiger partial charge in [0.1, 0.15) is 0 Å². The lowest BCUT2D eigenvalue weighted by Gasteiger charge is -2.44. The van der Waals surface area contributed by atoms with Crippen LogP contribution in [0.1, 0.15) is 52.9 Å². The van der Waals surface area contributed by atoms with E-state index >= 15 is 0 Å². The number of hydrogen-bond donors (Lipinski definition) is 1. The second kappa shape index (κ2) is 10.6. The van der Waals surface area contributed by atoms with Crippen LogP contribution in [-0.4, -0.2) is 43.5 Å². The molecular weight excluding hydrogens is 520 g/mol. The third-order valence-electron chi connectivity index (χ3n) is 9.33. The summed E-state index contributed by atoms with van der Waals surface area (Å²) in [6.07, 6.45) is 5.95. The van der Waals surface area contributed by atoms with Crippen molar-refractivity contribution in [2.75, 3.05) is 13.2 Å². The molecule has 3 aliphatic rings. The lowest BCUT2D eigenvalue weighted by molar-refractivity contribution is -0.199. The van der Waals surface area contributed by atoms with E-state index in [1.807, 2.05) is 0 Å². The molecular formula is C32H40N2O5Si. The summed E-state index contributed by atoms with van der Waals surface area (Å²) in [4.78, 5) is 27.2. The summed E-state index contributed by atoms with van der Waals surface area (Å²) in [5, 5.41) is 2.37. The Morgan fingerprint density at radius 2 is 1.65 bits per heavy atom. The number of nitrogens with zero attached hydrogens (tertiary/aromatic N) is 1. The number of H-pyrrole nitrogens is 1. The van der Waals surface area contributed by atoms with Crippen LogP contribution < -0.4 is 21.6 Å². The van der Waals surface area contributed by atoms with E-state index in [4.69, 9.17) is 13.9 Å². The second-order valence-corrected chi connectivity index (χ2v) is 17.0. The highest BCUT2D eigenvalue weighted by Crippen LogP contribution is 2.64. The van der Waals surface area contributed by atoms with Gasteiger partial charge in [-0.2, -0.15) is 0 Å². The molecule has 1 saturated heterocycles. The third kappa shape index (κ3) is 4.75. The maximum Gasteiger partial charge on any atom is 0.328 e. The van der Waals surface area contributed by atoms with Crippen LogP contribution in [0.3, 0.4) is 0 Å². The van der Waals surface area contributed by atoms with Gasteiger partial charge in [0.2, 0.25) is 0 Å². The van der Waals surface area contributed by atoms with Crippen LogP contribution in [0.25, 0.3) is 0 Å². The van der Waals surface area contributed by atoms with Crippen molar-refractivity contribution in [1.29, 1.82) is 0 Å². The zero-order valence-electron chi connectivity index (χ0n) is 23.7. The van der Waals surface area contributed by atoms with Crippen molar-refractivity contribution in [1.82, 2.24) is 9.55 Å². The van der Waals surface area contributed by atoms with Gasteiger partial charge in [0.15, 0.2) is 6.29 Å². The van der Waals surface area contributed by atoms with Crippen molar-refractivity contribution in [2.24, 2.45) is 11.8 Å². The Kier molecular flexibility index (Phi) is 7.23. The van der Waals surface area contributed by atoms with Crippen molar-refractivity contribution in [3.05, 3.63) is 93.8 Å². The predicted molar refractivity (Wildman–Crippen MR) is 158 cm³/mol. The van der Waals surface area contributed by atoms with Crippen LogP contribution in [-0.2, 0) is 19.4 Å². The molecule has 5 atom stereocenters. The number of ether oxygens (including phenoxy) is 2. The Labute approximate surface area is 236 Å². The number of aromatic nitrogens is 2. The maximum atomic E-state index is 12.9. The average molecular weight is 561 g/mol. The number of rotatable bonds is 8. The first-order chi connectivity index (χ1) is 19.2. The predicted octanol–water partition coefficient (Wildman–Crippen LogP) is 3.76. The van der Waals surface area contributed by atoms with E-state index in [9.17, 15) is 9.59 Å². The van der Waals surface area contributed by atoms with Crippen LogP contribution in [0, 0.1) is 11.8 Å². The monoisotopic (exact) mass is 560 g/mol. The van der Waals surface area contributed by atoms with Gasteiger partial charge >= 0.3 is 5.69 Å². The Hall–Kier alpha value is -2.78. The average Bonchev–Trinajstić information content (AvgIpc) is 3.57. The molecule has 3 aromatic rings. The van der Waals surface area contributed by atoms with Crippen molar-refractivity contribution in [2.45, 2.75) is 75.8 Å². The van der Waals surface area contributed by atoms with Gasteiger partial charge in [-0.25, -0.2) is 4.79 Å². The first-order valence-corrected chi connectivity index (χ1v) is 16.5. The molecule has 40 heavy (non-hydrogen) atoms. The Balaban J connectivity index is 1.36. The minimum atomic E-state index is -2.73. The minimum Gasteiger partial charge on any atom is -0.407 e. The third-order valence-corrected chi connectivity index (χ3v) is 14.3. The van der Waals surface area contributed by atoms with E-state index in [-0.39, 0.29) is 46.1 Å². The quantitative estimate of drug-likeness (QED) is 0.425. The molecule has 0 amide bonds. The number of nitrogens with one attached hydrogen (secondary N) is 1. The van der Waals surface area contributed by atoms with Crippen molar-refractivity contribution in [3.8, 4) is 0 Å². The van der Waals surface area contributed by atoms with E-state index < -0.39 is 8.32 Å². The lowest BCUT2D eigenvalue weighted by Crippen LogP contribution is -2.67.